The Kier molecular flexibility index (Phi) is 18.2. The second-order valence-corrected chi connectivity index (χ2v) is 34.0. The molecule has 26 aromatic rings. The van der Waals surface area contributed by atoms with Crippen molar-refractivity contribution in [2.45, 2.75) is 0 Å². The number of nitrogens with zero attached hydrogens (tertiary/aromatic N) is 6. The number of fused-ring (bicyclic) bond motifs is 20. The van der Waals surface area contributed by atoms with Crippen LogP contribution in [0.4, 0.5) is 0 Å². The van der Waals surface area contributed by atoms with Crippen LogP contribution in [-0.2, 0) is 0 Å². The van der Waals surface area contributed by atoms with Crippen molar-refractivity contribution in [1.29, 1.82) is 0 Å². The number of para-hydroxylation sites is 2. The molecule has 0 aliphatic heterocycles. The van der Waals surface area contributed by atoms with Gasteiger partial charge >= 0.3 is 0 Å². The Balaban J connectivity index is 0.000000140. The van der Waals surface area contributed by atoms with Crippen LogP contribution in [0.2, 0.25) is 0 Å². The molecule has 0 aliphatic carbocycles. The van der Waals surface area contributed by atoms with Crippen LogP contribution in [0.1, 0.15) is 0 Å². The second-order valence-electron chi connectivity index (χ2n) is 34.0. The summed E-state index contributed by atoms with van der Waals surface area (Å²) in [6.07, 6.45) is 3.83. The molecule has 26 rings (SSSR count). The molecule has 0 fully saturated rings. The van der Waals surface area contributed by atoms with Crippen molar-refractivity contribution < 1.29 is 0 Å². The zero-order chi connectivity index (χ0) is 85.7. The maximum absolute atomic E-state index is 5.25. The molecule has 0 N–H and O–H groups in total. The van der Waals surface area contributed by atoms with Gasteiger partial charge in [-0.2, -0.15) is 0 Å². The first-order valence-electron chi connectivity index (χ1n) is 44.4. The number of hydrogen-bond donors (Lipinski definition) is 0. The van der Waals surface area contributed by atoms with E-state index in [1.54, 1.807) is 0 Å². The van der Waals surface area contributed by atoms with Gasteiger partial charge in [0.15, 0.2) is 0 Å². The van der Waals surface area contributed by atoms with Gasteiger partial charge in [-0.1, -0.05) is 364 Å². The predicted octanol–water partition coefficient (Wildman–Crippen LogP) is 33.0. The van der Waals surface area contributed by atoms with E-state index < -0.39 is 0 Å². The minimum absolute atomic E-state index is 0.863. The highest BCUT2D eigenvalue weighted by molar-refractivity contribution is 6.25. The minimum Gasteiger partial charge on any atom is -0.309 e. The highest BCUT2D eigenvalue weighted by Crippen LogP contribution is 2.44. The molecule has 4 aromatic heterocycles. The second kappa shape index (κ2) is 31.4. The molecular weight excluding hydrogens is 1570 g/mol. The van der Waals surface area contributed by atoms with Crippen LogP contribution in [0, 0.1) is 0 Å². The van der Waals surface area contributed by atoms with Crippen LogP contribution < -0.4 is 0 Å². The van der Waals surface area contributed by atoms with Crippen LogP contribution in [0.5, 0.6) is 0 Å². The summed E-state index contributed by atoms with van der Waals surface area (Å²) in [5.74, 6) is 0. The summed E-state index contributed by atoms with van der Waals surface area (Å²) in [5.41, 5.74) is 33.6. The maximum atomic E-state index is 5.25. The van der Waals surface area contributed by atoms with E-state index in [-0.39, 0.29) is 0 Å². The van der Waals surface area contributed by atoms with E-state index in [0.29, 0.717) is 0 Å². The lowest BCUT2D eigenvalue weighted by atomic mass is 9.95. The van der Waals surface area contributed by atoms with Crippen LogP contribution in [-0.4, -0.2) is 29.1 Å². The molecule has 6 nitrogen and oxygen atoms in total. The molecule has 0 aliphatic rings. The largest absolute Gasteiger partial charge is 0.309 e. The lowest BCUT2D eigenvalue weighted by Gasteiger charge is -2.11. The van der Waals surface area contributed by atoms with Crippen molar-refractivity contribution in [3.05, 3.63) is 473 Å². The van der Waals surface area contributed by atoms with Crippen molar-refractivity contribution >= 4 is 130 Å². The maximum Gasteiger partial charge on any atom is 0.0979 e. The third-order valence-corrected chi connectivity index (χ3v) is 26.4. The Labute approximate surface area is 750 Å². The lowest BCUT2D eigenvalue weighted by Crippen LogP contribution is -1.93. The van der Waals surface area contributed by atoms with Gasteiger partial charge < -0.3 is 9.13 Å². The molecular formula is C124H78N6. The quantitative estimate of drug-likeness (QED) is 0.114. The van der Waals surface area contributed by atoms with E-state index in [9.17, 15) is 0 Å². The smallest absolute Gasteiger partial charge is 0.0979 e. The molecule has 0 atom stereocenters. The Morgan fingerprint density at radius 1 is 0.138 bits per heavy atom. The fourth-order valence-corrected chi connectivity index (χ4v) is 19.9. The van der Waals surface area contributed by atoms with Gasteiger partial charge in [0.25, 0.3) is 0 Å². The van der Waals surface area contributed by atoms with Gasteiger partial charge in [0.05, 0.1) is 67.9 Å². The predicted molar refractivity (Wildman–Crippen MR) is 547 cm³/mol. The van der Waals surface area contributed by atoms with Gasteiger partial charge in [0.1, 0.15) is 0 Å². The van der Waals surface area contributed by atoms with Crippen LogP contribution >= 0.6 is 0 Å². The number of benzene rings is 22. The molecule has 0 unspecified atom stereocenters. The molecule has 0 saturated heterocycles. The molecule has 0 amide bonds. The van der Waals surface area contributed by atoms with E-state index >= 15 is 0 Å². The average molecular weight is 1650 g/mol. The fraction of sp³-hybridized carbons (Fsp3) is 0. The summed E-state index contributed by atoms with van der Waals surface area (Å²) in [6.45, 7) is 0. The van der Waals surface area contributed by atoms with Gasteiger partial charge in [0.2, 0.25) is 0 Å². The van der Waals surface area contributed by atoms with E-state index in [0.717, 1.165) is 94.2 Å². The Hall–Kier alpha value is -17.3. The third-order valence-electron chi connectivity index (χ3n) is 26.4. The summed E-state index contributed by atoms with van der Waals surface area (Å²) in [5, 5.41) is 19.3. The molecule has 604 valence electrons. The monoisotopic (exact) mass is 1650 g/mol. The lowest BCUT2D eigenvalue weighted by molar-refractivity contribution is 1.18. The average Bonchev–Trinajstić information content (AvgIpc) is 1.68. The summed E-state index contributed by atoms with van der Waals surface area (Å²) in [6, 6.07) is 167. The molecule has 0 radical (unpaired) electrons. The van der Waals surface area contributed by atoms with Gasteiger partial charge in [-0.3, -0.25) is 9.97 Å². The molecule has 6 heteroatoms. The molecule has 4 heterocycles. The van der Waals surface area contributed by atoms with Crippen molar-refractivity contribution in [3.8, 4) is 123 Å². The summed E-state index contributed by atoms with van der Waals surface area (Å²) in [7, 11) is 0. The van der Waals surface area contributed by atoms with E-state index in [1.165, 1.54) is 159 Å². The van der Waals surface area contributed by atoms with Gasteiger partial charge in [-0.15, -0.1) is 0 Å². The minimum atomic E-state index is 0.863. The van der Waals surface area contributed by atoms with Crippen molar-refractivity contribution in [3.63, 3.8) is 0 Å². The molecule has 0 bridgehead atoms. The van der Waals surface area contributed by atoms with E-state index in [4.69, 9.17) is 19.9 Å². The SMILES string of the molecule is c1cc(-c2ccc(-c3cccc(-c4cnc5c6ccccc6c6ccccc6c5n4)c3)cc2)cc(-c2ccc3c(c2)c2ccccc2n3-c2ccc(-c3ccc4ccccc4c3)cc2)c1.c1cc(-c2ccc(-c3cnc4c5ccccc5c5ccccc5c4n3)cc2)cc(-c2cccc(-c3ccc4c(c3)c3ccccc3n4-c3ccc(-c4ccc5ccccc5c4)cc3)c2)c1. The summed E-state index contributed by atoms with van der Waals surface area (Å²) >= 11 is 0. The molecule has 0 spiro atoms. The first-order chi connectivity index (χ1) is 64.4. The van der Waals surface area contributed by atoms with E-state index in [1.807, 2.05) is 12.4 Å². The third kappa shape index (κ3) is 13.3. The van der Waals surface area contributed by atoms with Crippen LogP contribution in [0.3, 0.4) is 0 Å². The molecule has 0 saturated carbocycles. The van der Waals surface area contributed by atoms with Crippen molar-refractivity contribution in [1.82, 2.24) is 29.1 Å². The van der Waals surface area contributed by atoms with Crippen molar-refractivity contribution in [2.75, 3.05) is 0 Å². The van der Waals surface area contributed by atoms with Crippen molar-refractivity contribution in [2.24, 2.45) is 0 Å². The number of rotatable bonds is 12. The first-order valence-corrected chi connectivity index (χ1v) is 44.4. The first kappa shape index (κ1) is 75.2. The van der Waals surface area contributed by atoms with Crippen LogP contribution in [0.15, 0.2) is 473 Å². The Bertz CT molecular complexity index is 8960. The number of aromatic nitrogens is 6. The fourth-order valence-electron chi connectivity index (χ4n) is 19.9. The zero-order valence-electron chi connectivity index (χ0n) is 70.7. The summed E-state index contributed by atoms with van der Waals surface area (Å²) in [4.78, 5) is 20.5. The summed E-state index contributed by atoms with van der Waals surface area (Å²) < 4.78 is 4.79. The van der Waals surface area contributed by atoms with Gasteiger partial charge in [0, 0.05) is 65.6 Å². The number of hydrogen-bond acceptors (Lipinski definition) is 4. The van der Waals surface area contributed by atoms with Gasteiger partial charge in [-0.05, 0) is 229 Å². The normalized spacial score (nSPS) is 11.7. The van der Waals surface area contributed by atoms with Crippen LogP contribution in [0.25, 0.3) is 253 Å². The standard InChI is InChI=1S/2C62H39N3/c1-2-12-44-36-48(28-27-40(44)11-1)43-29-32-51(33-30-43)65-59-22-8-7-19-54(59)57-38-49(31-34-60(57)65)47-15-9-13-45(35-47)41-23-25-42(26-24-41)46-14-10-16-50(37-46)58-39-63-61-55-20-5-3-17-52(55)53-18-4-6-21-56(53)62(61)64-58;1-2-12-44-36-49(28-25-40(44)11-1)42-29-32-51(33-30-42)65-59-22-8-7-19-54(59)57-38-50(31-34-60(57)65)48-16-10-15-47(37-48)46-14-9-13-45(35-46)41-23-26-43(27-24-41)58-39-63-61-55-20-5-3-17-52(55)53-18-4-6-21-56(53)62(61)64-58/h2*1-39H. The Morgan fingerprint density at radius 3 is 0.762 bits per heavy atom. The van der Waals surface area contributed by atoms with E-state index in [2.05, 4.69) is 470 Å². The topological polar surface area (TPSA) is 61.4 Å². The highest BCUT2D eigenvalue weighted by Gasteiger charge is 2.21. The highest BCUT2D eigenvalue weighted by atomic mass is 15.0. The van der Waals surface area contributed by atoms with Gasteiger partial charge in [-0.25, -0.2) is 9.97 Å². The zero-order valence-corrected chi connectivity index (χ0v) is 70.7. The molecule has 22 aromatic carbocycles. The Morgan fingerprint density at radius 2 is 0.385 bits per heavy atom. The molecule has 130 heavy (non-hydrogen) atoms.